The number of benzene rings is 1. The summed E-state index contributed by atoms with van der Waals surface area (Å²) in [5.74, 6) is 1.97. The third kappa shape index (κ3) is 4.13. The maximum Gasteiger partial charge on any atom is 0.150 e. The molecule has 2 aliphatic rings. The average Bonchev–Trinajstić information content (AvgIpc) is 2.85. The molecule has 1 saturated carbocycles. The van der Waals surface area contributed by atoms with Crippen molar-refractivity contribution in [3.63, 3.8) is 0 Å². The predicted octanol–water partition coefficient (Wildman–Crippen LogP) is 4.18. The van der Waals surface area contributed by atoms with Crippen LogP contribution >= 0.6 is 0 Å². The van der Waals surface area contributed by atoms with Gasteiger partial charge in [-0.05, 0) is 82.2 Å². The summed E-state index contributed by atoms with van der Waals surface area (Å²) in [4.78, 5) is 0. The van der Waals surface area contributed by atoms with E-state index in [1.54, 1.807) is 0 Å². The molecule has 1 aromatic carbocycles. The summed E-state index contributed by atoms with van der Waals surface area (Å²) >= 11 is 0. The second-order valence-electron chi connectivity index (χ2n) is 6.36. The van der Waals surface area contributed by atoms with E-state index in [-0.39, 0.29) is 6.23 Å². The van der Waals surface area contributed by atoms with Crippen molar-refractivity contribution in [2.75, 3.05) is 6.54 Å². The summed E-state index contributed by atoms with van der Waals surface area (Å²) in [7, 11) is 0. The maximum atomic E-state index is 6.10. The Morgan fingerprint density at radius 1 is 0.952 bits per heavy atom. The normalized spacial score (nSPS) is 23.8. The van der Waals surface area contributed by atoms with Crippen molar-refractivity contribution in [3.8, 4) is 11.5 Å². The van der Waals surface area contributed by atoms with Gasteiger partial charge in [-0.2, -0.15) is 0 Å². The first-order chi connectivity index (χ1) is 10.3. The van der Waals surface area contributed by atoms with Crippen LogP contribution in [0.4, 0.5) is 0 Å². The molecule has 1 aliphatic carbocycles. The number of hydrogen-bond acceptors (Lipinski definition) is 3. The molecule has 116 valence electrons. The molecule has 1 unspecified atom stereocenters. The number of aryl methyl sites for hydroxylation is 1. The van der Waals surface area contributed by atoms with E-state index in [9.17, 15) is 0 Å². The van der Waals surface area contributed by atoms with Crippen LogP contribution in [-0.2, 0) is 0 Å². The highest BCUT2D eigenvalue weighted by atomic mass is 16.5. The highest BCUT2D eigenvalue weighted by Crippen LogP contribution is 2.29. The van der Waals surface area contributed by atoms with Crippen LogP contribution in [0.15, 0.2) is 18.2 Å². The Hall–Kier alpha value is -1.22. The SMILES string of the molecule is Cc1cc(OC2CCCCCN2)ccc1OC1CCCC1. The molecule has 2 fully saturated rings. The molecule has 1 aromatic rings. The fraction of sp³-hybridized carbons (Fsp3) is 0.667. The van der Waals surface area contributed by atoms with E-state index in [0.717, 1.165) is 24.5 Å². The van der Waals surface area contributed by atoms with Gasteiger partial charge in [0.05, 0.1) is 6.10 Å². The van der Waals surface area contributed by atoms with Crippen molar-refractivity contribution in [2.24, 2.45) is 0 Å². The van der Waals surface area contributed by atoms with Crippen LogP contribution in [0.25, 0.3) is 0 Å². The van der Waals surface area contributed by atoms with Gasteiger partial charge in [0.15, 0.2) is 0 Å². The first kappa shape index (κ1) is 14.7. The molecule has 0 bridgehead atoms. The monoisotopic (exact) mass is 289 g/mol. The van der Waals surface area contributed by atoms with E-state index in [0.29, 0.717) is 6.10 Å². The van der Waals surface area contributed by atoms with Gasteiger partial charge in [0.25, 0.3) is 0 Å². The first-order valence-electron chi connectivity index (χ1n) is 8.48. The molecule has 0 aromatic heterocycles. The van der Waals surface area contributed by atoms with Crippen LogP contribution in [-0.4, -0.2) is 18.9 Å². The maximum absolute atomic E-state index is 6.10. The van der Waals surface area contributed by atoms with Gasteiger partial charge < -0.3 is 9.47 Å². The molecule has 1 atom stereocenters. The topological polar surface area (TPSA) is 30.5 Å². The summed E-state index contributed by atoms with van der Waals surface area (Å²) < 4.78 is 12.2. The van der Waals surface area contributed by atoms with E-state index in [2.05, 4.69) is 24.4 Å². The lowest BCUT2D eigenvalue weighted by molar-refractivity contribution is 0.159. The van der Waals surface area contributed by atoms with Gasteiger partial charge in [-0.25, -0.2) is 0 Å². The third-order valence-corrected chi connectivity index (χ3v) is 4.54. The van der Waals surface area contributed by atoms with Crippen LogP contribution in [0, 0.1) is 6.92 Å². The Morgan fingerprint density at radius 3 is 2.57 bits per heavy atom. The number of rotatable bonds is 4. The summed E-state index contributed by atoms with van der Waals surface area (Å²) in [5, 5.41) is 3.47. The Morgan fingerprint density at radius 2 is 1.76 bits per heavy atom. The lowest BCUT2D eigenvalue weighted by Gasteiger charge is -2.20. The lowest BCUT2D eigenvalue weighted by Crippen LogP contribution is -2.33. The fourth-order valence-corrected chi connectivity index (χ4v) is 3.27. The molecule has 0 amide bonds. The van der Waals surface area contributed by atoms with Gasteiger partial charge in [0, 0.05) is 0 Å². The summed E-state index contributed by atoms with van der Waals surface area (Å²) in [5.41, 5.74) is 1.17. The number of nitrogens with one attached hydrogen (secondary N) is 1. The quantitative estimate of drug-likeness (QED) is 0.901. The van der Waals surface area contributed by atoms with Crippen molar-refractivity contribution < 1.29 is 9.47 Å². The molecule has 21 heavy (non-hydrogen) atoms. The standard InChI is InChI=1S/C18H27NO2/c1-14-13-16(21-18-9-3-2-6-12-19-18)10-11-17(14)20-15-7-4-5-8-15/h10-11,13,15,18-19H,2-9,12H2,1H3. The highest BCUT2D eigenvalue weighted by molar-refractivity contribution is 5.39. The van der Waals surface area contributed by atoms with E-state index in [4.69, 9.17) is 9.47 Å². The van der Waals surface area contributed by atoms with E-state index in [1.165, 1.54) is 50.5 Å². The van der Waals surface area contributed by atoms with Gasteiger partial charge in [-0.1, -0.05) is 6.42 Å². The zero-order valence-corrected chi connectivity index (χ0v) is 13.1. The van der Waals surface area contributed by atoms with Gasteiger partial charge in [-0.3, -0.25) is 5.32 Å². The van der Waals surface area contributed by atoms with Crippen LogP contribution in [0.1, 0.15) is 56.9 Å². The van der Waals surface area contributed by atoms with Crippen molar-refractivity contribution in [1.82, 2.24) is 5.32 Å². The second-order valence-corrected chi connectivity index (χ2v) is 6.36. The van der Waals surface area contributed by atoms with Crippen molar-refractivity contribution in [3.05, 3.63) is 23.8 Å². The average molecular weight is 289 g/mol. The van der Waals surface area contributed by atoms with Crippen LogP contribution < -0.4 is 14.8 Å². The minimum atomic E-state index is 0.161. The van der Waals surface area contributed by atoms with E-state index in [1.807, 2.05) is 6.07 Å². The molecular formula is C18H27NO2. The molecular weight excluding hydrogens is 262 g/mol. The van der Waals surface area contributed by atoms with E-state index < -0.39 is 0 Å². The predicted molar refractivity (Wildman–Crippen MR) is 84.9 cm³/mol. The first-order valence-corrected chi connectivity index (χ1v) is 8.48. The second kappa shape index (κ2) is 7.17. The molecule has 1 aliphatic heterocycles. The molecule has 3 rings (SSSR count). The number of ether oxygens (including phenoxy) is 2. The van der Waals surface area contributed by atoms with Gasteiger partial charge >= 0.3 is 0 Å². The summed E-state index contributed by atoms with van der Waals surface area (Å²) in [6.45, 7) is 3.17. The largest absolute Gasteiger partial charge is 0.490 e. The molecule has 1 N–H and O–H groups in total. The highest BCUT2D eigenvalue weighted by Gasteiger charge is 2.18. The molecule has 0 radical (unpaired) electrons. The van der Waals surface area contributed by atoms with Crippen LogP contribution in [0.5, 0.6) is 11.5 Å². The number of hydrogen-bond donors (Lipinski definition) is 1. The van der Waals surface area contributed by atoms with Gasteiger partial charge in [0.2, 0.25) is 0 Å². The molecule has 3 heteroatoms. The fourth-order valence-electron chi connectivity index (χ4n) is 3.27. The Labute approximate surface area is 128 Å². The summed E-state index contributed by atoms with van der Waals surface area (Å²) in [6, 6.07) is 6.22. The molecule has 1 saturated heterocycles. The van der Waals surface area contributed by atoms with Crippen molar-refractivity contribution >= 4 is 0 Å². The zero-order chi connectivity index (χ0) is 14.5. The summed E-state index contributed by atoms with van der Waals surface area (Å²) in [6.07, 6.45) is 10.5. The molecule has 0 spiro atoms. The smallest absolute Gasteiger partial charge is 0.150 e. The third-order valence-electron chi connectivity index (χ3n) is 4.54. The van der Waals surface area contributed by atoms with Gasteiger partial charge in [-0.15, -0.1) is 0 Å². The van der Waals surface area contributed by atoms with Crippen LogP contribution in [0.2, 0.25) is 0 Å². The minimum Gasteiger partial charge on any atom is -0.490 e. The van der Waals surface area contributed by atoms with E-state index >= 15 is 0 Å². The van der Waals surface area contributed by atoms with Gasteiger partial charge in [0.1, 0.15) is 17.7 Å². The Balaban J connectivity index is 1.60. The molecule has 1 heterocycles. The van der Waals surface area contributed by atoms with Crippen LogP contribution in [0.3, 0.4) is 0 Å². The molecule has 3 nitrogen and oxygen atoms in total. The Kier molecular flexibility index (Phi) is 5.02. The minimum absolute atomic E-state index is 0.161. The Bertz CT molecular complexity index is 447. The van der Waals surface area contributed by atoms with Crippen molar-refractivity contribution in [1.29, 1.82) is 0 Å². The lowest BCUT2D eigenvalue weighted by atomic mass is 10.2. The van der Waals surface area contributed by atoms with Crippen molar-refractivity contribution in [2.45, 2.75) is 70.6 Å². The zero-order valence-electron chi connectivity index (χ0n) is 13.1.